The Morgan fingerprint density at radius 2 is 1.76 bits per heavy atom. The van der Waals surface area contributed by atoms with E-state index in [2.05, 4.69) is 0 Å². The minimum absolute atomic E-state index is 0.107. The average molecular weight is 236 g/mol. The number of carbonyl (C=O) groups is 1. The molecule has 0 amide bonds. The highest BCUT2D eigenvalue weighted by Crippen LogP contribution is 2.22. The van der Waals surface area contributed by atoms with E-state index in [1.807, 2.05) is 45.0 Å². The van der Waals surface area contributed by atoms with Gasteiger partial charge in [-0.2, -0.15) is 0 Å². The molecule has 0 spiro atoms. The molecule has 1 rings (SSSR count). The van der Waals surface area contributed by atoms with Gasteiger partial charge in [0.1, 0.15) is 11.9 Å². The van der Waals surface area contributed by atoms with Crippen LogP contribution < -0.4 is 4.74 Å². The van der Waals surface area contributed by atoms with Crippen molar-refractivity contribution in [3.05, 3.63) is 29.8 Å². The van der Waals surface area contributed by atoms with Crippen LogP contribution in [0.15, 0.2) is 24.3 Å². The zero-order valence-corrected chi connectivity index (χ0v) is 10.7. The average Bonchev–Trinajstić information content (AvgIpc) is 2.37. The number of carbonyl (C=O) groups excluding carboxylic acids is 1. The van der Waals surface area contributed by atoms with E-state index in [1.165, 1.54) is 0 Å². The van der Waals surface area contributed by atoms with E-state index in [4.69, 9.17) is 9.47 Å². The molecular weight excluding hydrogens is 216 g/mol. The van der Waals surface area contributed by atoms with Gasteiger partial charge in [0, 0.05) is 13.0 Å². The lowest BCUT2D eigenvalue weighted by Gasteiger charge is -2.15. The fraction of sp³-hybridized carbons (Fsp3) is 0.500. The largest absolute Gasteiger partial charge is 0.494 e. The van der Waals surface area contributed by atoms with Crippen molar-refractivity contribution in [1.82, 2.24) is 0 Å². The highest BCUT2D eigenvalue weighted by Gasteiger charge is 2.18. The zero-order chi connectivity index (χ0) is 12.7. The molecule has 0 bridgehead atoms. The molecular formula is C14H20O3. The molecule has 17 heavy (non-hydrogen) atoms. The summed E-state index contributed by atoms with van der Waals surface area (Å²) in [6.45, 7) is 6.86. The molecule has 3 heteroatoms. The quantitative estimate of drug-likeness (QED) is 0.729. The van der Waals surface area contributed by atoms with Crippen LogP contribution in [0, 0.1) is 0 Å². The Hall–Kier alpha value is -1.35. The second-order valence-electron chi connectivity index (χ2n) is 3.66. The number of hydrogen-bond donors (Lipinski definition) is 0. The lowest BCUT2D eigenvalue weighted by molar-refractivity contribution is -0.130. The maximum atomic E-state index is 11.8. The Kier molecular flexibility index (Phi) is 5.70. The molecule has 0 aliphatic rings. The Balaban J connectivity index is 2.83. The molecule has 0 aliphatic carbocycles. The van der Waals surface area contributed by atoms with Gasteiger partial charge in [0.25, 0.3) is 0 Å². The molecule has 94 valence electrons. The van der Waals surface area contributed by atoms with Crippen molar-refractivity contribution in [3.63, 3.8) is 0 Å². The van der Waals surface area contributed by atoms with Crippen LogP contribution in [0.3, 0.4) is 0 Å². The van der Waals surface area contributed by atoms with Gasteiger partial charge in [-0.1, -0.05) is 19.1 Å². The van der Waals surface area contributed by atoms with E-state index in [0.29, 0.717) is 19.6 Å². The summed E-state index contributed by atoms with van der Waals surface area (Å²) >= 11 is 0. The highest BCUT2D eigenvalue weighted by molar-refractivity contribution is 5.84. The van der Waals surface area contributed by atoms with Crippen LogP contribution in [0.4, 0.5) is 0 Å². The molecule has 0 heterocycles. The minimum atomic E-state index is -0.444. The van der Waals surface area contributed by atoms with Gasteiger partial charge >= 0.3 is 0 Å². The topological polar surface area (TPSA) is 35.5 Å². The molecule has 0 fully saturated rings. The molecule has 1 aromatic rings. The van der Waals surface area contributed by atoms with E-state index >= 15 is 0 Å². The normalized spacial score (nSPS) is 12.2. The predicted molar refractivity (Wildman–Crippen MR) is 67.3 cm³/mol. The van der Waals surface area contributed by atoms with Crippen LogP contribution >= 0.6 is 0 Å². The smallest absolute Gasteiger partial charge is 0.165 e. The first-order valence-corrected chi connectivity index (χ1v) is 6.09. The van der Waals surface area contributed by atoms with Gasteiger partial charge < -0.3 is 9.47 Å². The van der Waals surface area contributed by atoms with Gasteiger partial charge in [0.2, 0.25) is 0 Å². The number of benzene rings is 1. The SMILES string of the molecule is CCOc1ccc(C(OCC)C(=O)CC)cc1. The predicted octanol–water partition coefficient (Wildman–Crippen LogP) is 3.14. The molecule has 1 atom stereocenters. The number of hydrogen-bond acceptors (Lipinski definition) is 3. The Morgan fingerprint density at radius 1 is 1.12 bits per heavy atom. The van der Waals surface area contributed by atoms with Crippen molar-refractivity contribution in [2.45, 2.75) is 33.3 Å². The van der Waals surface area contributed by atoms with Crippen molar-refractivity contribution < 1.29 is 14.3 Å². The Morgan fingerprint density at radius 3 is 2.24 bits per heavy atom. The van der Waals surface area contributed by atoms with Gasteiger partial charge in [0.05, 0.1) is 6.61 Å². The van der Waals surface area contributed by atoms with E-state index in [9.17, 15) is 4.79 Å². The van der Waals surface area contributed by atoms with Gasteiger partial charge in [-0.25, -0.2) is 0 Å². The van der Waals surface area contributed by atoms with E-state index < -0.39 is 6.10 Å². The third-order valence-corrected chi connectivity index (χ3v) is 2.47. The molecule has 0 saturated heterocycles. The summed E-state index contributed by atoms with van der Waals surface area (Å²) in [7, 11) is 0. The van der Waals surface area contributed by atoms with Crippen LogP contribution in [0.1, 0.15) is 38.9 Å². The molecule has 0 aliphatic heterocycles. The van der Waals surface area contributed by atoms with E-state index in [1.54, 1.807) is 0 Å². The van der Waals surface area contributed by atoms with Crippen LogP contribution in [-0.2, 0) is 9.53 Å². The Labute approximate surface area is 103 Å². The lowest BCUT2D eigenvalue weighted by atomic mass is 10.0. The molecule has 0 N–H and O–H groups in total. The lowest BCUT2D eigenvalue weighted by Crippen LogP contribution is -2.15. The second-order valence-corrected chi connectivity index (χ2v) is 3.66. The zero-order valence-electron chi connectivity index (χ0n) is 10.7. The van der Waals surface area contributed by atoms with Crippen molar-refractivity contribution >= 4 is 5.78 Å². The summed E-state index contributed by atoms with van der Waals surface area (Å²) in [4.78, 5) is 11.8. The standard InChI is InChI=1S/C14H20O3/c1-4-13(15)14(17-6-3)11-7-9-12(10-8-11)16-5-2/h7-10,14H,4-6H2,1-3H3. The van der Waals surface area contributed by atoms with Crippen LogP contribution in [-0.4, -0.2) is 19.0 Å². The monoisotopic (exact) mass is 236 g/mol. The highest BCUT2D eigenvalue weighted by atomic mass is 16.5. The molecule has 0 aromatic heterocycles. The fourth-order valence-electron chi connectivity index (χ4n) is 1.63. The first-order valence-electron chi connectivity index (χ1n) is 6.09. The van der Waals surface area contributed by atoms with Gasteiger partial charge in [-0.05, 0) is 31.5 Å². The summed E-state index contributed by atoms with van der Waals surface area (Å²) in [6.07, 6.45) is 0.0402. The first-order chi connectivity index (χ1) is 8.22. The Bertz CT molecular complexity index is 343. The second kappa shape index (κ2) is 7.07. The third kappa shape index (κ3) is 3.86. The third-order valence-electron chi connectivity index (χ3n) is 2.47. The van der Waals surface area contributed by atoms with Crippen molar-refractivity contribution in [1.29, 1.82) is 0 Å². The summed E-state index contributed by atoms with van der Waals surface area (Å²) in [5, 5.41) is 0. The van der Waals surface area contributed by atoms with Gasteiger partial charge in [0.15, 0.2) is 5.78 Å². The number of ether oxygens (including phenoxy) is 2. The first kappa shape index (κ1) is 13.7. The van der Waals surface area contributed by atoms with Crippen LogP contribution in [0.5, 0.6) is 5.75 Å². The van der Waals surface area contributed by atoms with Gasteiger partial charge in [-0.3, -0.25) is 4.79 Å². The summed E-state index contributed by atoms with van der Waals surface area (Å²) in [6, 6.07) is 7.51. The van der Waals surface area contributed by atoms with E-state index in [0.717, 1.165) is 11.3 Å². The van der Waals surface area contributed by atoms with Crippen molar-refractivity contribution in [3.8, 4) is 5.75 Å². The molecule has 1 aromatic carbocycles. The number of Topliss-reactive ketones (excluding diaryl/α,β-unsaturated/α-hetero) is 1. The maximum Gasteiger partial charge on any atom is 0.165 e. The number of ketones is 1. The molecule has 1 unspecified atom stereocenters. The molecule has 3 nitrogen and oxygen atoms in total. The van der Waals surface area contributed by atoms with Gasteiger partial charge in [-0.15, -0.1) is 0 Å². The van der Waals surface area contributed by atoms with Crippen LogP contribution in [0.25, 0.3) is 0 Å². The summed E-state index contributed by atoms with van der Waals surface area (Å²) < 4.78 is 10.9. The van der Waals surface area contributed by atoms with Crippen LogP contribution in [0.2, 0.25) is 0 Å². The molecule has 0 radical (unpaired) electrons. The maximum absolute atomic E-state index is 11.8. The van der Waals surface area contributed by atoms with E-state index in [-0.39, 0.29) is 5.78 Å². The minimum Gasteiger partial charge on any atom is -0.494 e. The summed E-state index contributed by atoms with van der Waals surface area (Å²) in [5.74, 6) is 0.923. The fourth-order valence-corrected chi connectivity index (χ4v) is 1.63. The summed E-state index contributed by atoms with van der Waals surface area (Å²) in [5.41, 5.74) is 0.891. The van der Waals surface area contributed by atoms with Crippen molar-refractivity contribution in [2.24, 2.45) is 0 Å². The number of rotatable bonds is 7. The molecule has 0 saturated carbocycles. The van der Waals surface area contributed by atoms with Crippen molar-refractivity contribution in [2.75, 3.05) is 13.2 Å².